The van der Waals surface area contributed by atoms with Gasteiger partial charge in [-0.15, -0.1) is 11.3 Å². The lowest BCUT2D eigenvalue weighted by Crippen LogP contribution is -2.37. The highest BCUT2D eigenvalue weighted by atomic mass is 32.1. The Kier molecular flexibility index (Phi) is 8.29. The number of aliphatic carboxylic acids is 2. The van der Waals surface area contributed by atoms with Crippen LogP contribution in [0.1, 0.15) is 35.0 Å². The standard InChI is InChI=1S/C21H23N3OS.C2H2O4/c25-20(14-23-17-10-5-7-15-6-1-2-8-16(15)17)22-13-12-21-24-18-9-3-4-11-19(18)26-21;3-1(4)2(5)6/h1-4,6,8-9,11,17,23H,5,7,10,12-14H2,(H,22,25);(H,3,4)(H,5,6). The minimum Gasteiger partial charge on any atom is -0.473 e. The number of hydrogen-bond acceptors (Lipinski definition) is 6. The monoisotopic (exact) mass is 455 g/mol. The van der Waals surface area contributed by atoms with E-state index in [-0.39, 0.29) is 11.9 Å². The molecule has 168 valence electrons. The first-order valence-corrected chi connectivity index (χ1v) is 11.1. The summed E-state index contributed by atoms with van der Waals surface area (Å²) >= 11 is 1.70. The molecule has 0 bridgehead atoms. The van der Waals surface area contributed by atoms with Crippen LogP contribution in [0.3, 0.4) is 0 Å². The summed E-state index contributed by atoms with van der Waals surface area (Å²) in [6, 6.07) is 17.0. The Hall–Kier alpha value is -3.30. The van der Waals surface area contributed by atoms with E-state index < -0.39 is 11.9 Å². The van der Waals surface area contributed by atoms with Crippen LogP contribution >= 0.6 is 11.3 Å². The maximum absolute atomic E-state index is 12.2. The molecule has 1 heterocycles. The molecule has 1 aliphatic rings. The maximum atomic E-state index is 12.2. The number of nitrogens with zero attached hydrogens (tertiary/aromatic N) is 1. The van der Waals surface area contributed by atoms with Crippen molar-refractivity contribution in [3.05, 3.63) is 64.7 Å². The van der Waals surface area contributed by atoms with Crippen LogP contribution in [0, 0.1) is 0 Å². The van der Waals surface area contributed by atoms with Gasteiger partial charge >= 0.3 is 11.9 Å². The van der Waals surface area contributed by atoms with Crippen molar-refractivity contribution in [2.24, 2.45) is 0 Å². The molecule has 3 aromatic rings. The predicted molar refractivity (Wildman–Crippen MR) is 122 cm³/mol. The van der Waals surface area contributed by atoms with E-state index in [1.807, 2.05) is 18.2 Å². The molecule has 4 N–H and O–H groups in total. The Labute approximate surface area is 189 Å². The molecule has 1 aromatic heterocycles. The van der Waals surface area contributed by atoms with Crippen LogP contribution in [-0.4, -0.2) is 46.1 Å². The van der Waals surface area contributed by atoms with E-state index >= 15 is 0 Å². The summed E-state index contributed by atoms with van der Waals surface area (Å²) in [5.41, 5.74) is 3.80. The van der Waals surface area contributed by atoms with Gasteiger partial charge in [0.05, 0.1) is 21.8 Å². The van der Waals surface area contributed by atoms with Gasteiger partial charge < -0.3 is 20.8 Å². The number of fused-ring (bicyclic) bond motifs is 2. The van der Waals surface area contributed by atoms with Crippen LogP contribution in [0.5, 0.6) is 0 Å². The van der Waals surface area contributed by atoms with E-state index in [1.54, 1.807) is 11.3 Å². The van der Waals surface area contributed by atoms with Crippen LogP contribution in [-0.2, 0) is 27.2 Å². The van der Waals surface area contributed by atoms with Crippen molar-refractivity contribution < 1.29 is 24.6 Å². The third kappa shape index (κ3) is 6.60. The Bertz CT molecular complexity index is 1050. The van der Waals surface area contributed by atoms with Crippen molar-refractivity contribution in [2.75, 3.05) is 13.1 Å². The van der Waals surface area contributed by atoms with E-state index in [2.05, 4.69) is 45.9 Å². The lowest BCUT2D eigenvalue weighted by molar-refractivity contribution is -0.159. The molecule has 2 aromatic carbocycles. The SMILES string of the molecule is O=C(CNC1CCCc2ccccc21)NCCc1nc2ccccc2s1.O=C(O)C(=O)O. The molecule has 1 amide bonds. The van der Waals surface area contributed by atoms with Crippen molar-refractivity contribution in [3.8, 4) is 0 Å². The Morgan fingerprint density at radius 2 is 1.75 bits per heavy atom. The van der Waals surface area contributed by atoms with Crippen LogP contribution in [0.25, 0.3) is 10.2 Å². The maximum Gasteiger partial charge on any atom is 0.414 e. The third-order valence-corrected chi connectivity index (χ3v) is 6.16. The van der Waals surface area contributed by atoms with Crippen LogP contribution in [0.2, 0.25) is 0 Å². The van der Waals surface area contributed by atoms with Gasteiger partial charge in [-0.3, -0.25) is 4.79 Å². The molecule has 9 heteroatoms. The van der Waals surface area contributed by atoms with E-state index in [1.165, 1.54) is 22.2 Å². The molecule has 1 unspecified atom stereocenters. The van der Waals surface area contributed by atoms with Gasteiger partial charge in [0.15, 0.2) is 0 Å². The molecule has 0 aliphatic heterocycles. The number of thiazole rings is 1. The summed E-state index contributed by atoms with van der Waals surface area (Å²) in [5, 5.41) is 22.3. The lowest BCUT2D eigenvalue weighted by Gasteiger charge is -2.26. The number of carbonyl (C=O) groups is 3. The van der Waals surface area contributed by atoms with Gasteiger partial charge in [0.1, 0.15) is 0 Å². The number of para-hydroxylation sites is 1. The first kappa shape index (κ1) is 23.4. The first-order valence-electron chi connectivity index (χ1n) is 10.3. The summed E-state index contributed by atoms with van der Waals surface area (Å²) in [7, 11) is 0. The van der Waals surface area contributed by atoms with Crippen molar-refractivity contribution >= 4 is 39.4 Å². The summed E-state index contributed by atoms with van der Waals surface area (Å²) < 4.78 is 1.20. The molecule has 0 saturated carbocycles. The zero-order valence-corrected chi connectivity index (χ0v) is 18.2. The molecule has 4 rings (SSSR count). The molecule has 0 fully saturated rings. The molecule has 0 radical (unpaired) electrons. The highest BCUT2D eigenvalue weighted by Gasteiger charge is 2.19. The van der Waals surface area contributed by atoms with Crippen LogP contribution in [0.4, 0.5) is 0 Å². The summed E-state index contributed by atoms with van der Waals surface area (Å²) in [4.78, 5) is 35.0. The zero-order valence-electron chi connectivity index (χ0n) is 17.4. The largest absolute Gasteiger partial charge is 0.473 e. The fourth-order valence-corrected chi connectivity index (χ4v) is 4.55. The quantitative estimate of drug-likeness (QED) is 0.421. The molecule has 0 spiro atoms. The van der Waals surface area contributed by atoms with Gasteiger partial charge in [-0.25, -0.2) is 14.6 Å². The van der Waals surface area contributed by atoms with Gasteiger partial charge in [-0.05, 0) is 42.5 Å². The molecular formula is C23H25N3O5S. The molecule has 0 saturated heterocycles. The molecular weight excluding hydrogens is 430 g/mol. The van der Waals surface area contributed by atoms with E-state index in [4.69, 9.17) is 19.8 Å². The van der Waals surface area contributed by atoms with Gasteiger partial charge in [-0.2, -0.15) is 0 Å². The smallest absolute Gasteiger partial charge is 0.414 e. The van der Waals surface area contributed by atoms with E-state index in [9.17, 15) is 4.79 Å². The highest BCUT2D eigenvalue weighted by Crippen LogP contribution is 2.29. The second-order valence-electron chi connectivity index (χ2n) is 7.31. The fraction of sp³-hybridized carbons (Fsp3) is 0.304. The number of benzene rings is 2. The van der Waals surface area contributed by atoms with Crippen molar-refractivity contribution in [3.63, 3.8) is 0 Å². The minimum absolute atomic E-state index is 0.0502. The number of rotatable bonds is 6. The summed E-state index contributed by atoms with van der Waals surface area (Å²) in [6.45, 7) is 0.987. The van der Waals surface area contributed by atoms with Crippen LogP contribution < -0.4 is 10.6 Å². The van der Waals surface area contributed by atoms with E-state index in [0.29, 0.717) is 13.1 Å². The van der Waals surface area contributed by atoms with Crippen molar-refractivity contribution in [2.45, 2.75) is 31.7 Å². The van der Waals surface area contributed by atoms with Gasteiger partial charge in [0.2, 0.25) is 5.91 Å². The third-order valence-electron chi connectivity index (χ3n) is 5.06. The molecule has 8 nitrogen and oxygen atoms in total. The number of carboxylic acid groups (broad SMARTS) is 2. The Morgan fingerprint density at radius 1 is 1.03 bits per heavy atom. The lowest BCUT2D eigenvalue weighted by atomic mass is 9.88. The first-order chi connectivity index (χ1) is 15.4. The molecule has 32 heavy (non-hydrogen) atoms. The van der Waals surface area contributed by atoms with Gasteiger partial charge in [-0.1, -0.05) is 36.4 Å². The van der Waals surface area contributed by atoms with Crippen molar-refractivity contribution in [1.82, 2.24) is 15.6 Å². The molecule has 1 atom stereocenters. The number of amides is 1. The normalized spacial score (nSPS) is 14.7. The predicted octanol–water partition coefficient (Wildman–Crippen LogP) is 2.78. The second-order valence-corrected chi connectivity index (χ2v) is 8.43. The fourth-order valence-electron chi connectivity index (χ4n) is 3.58. The van der Waals surface area contributed by atoms with Crippen molar-refractivity contribution in [1.29, 1.82) is 0 Å². The second kappa shape index (κ2) is 11.4. The molecule has 1 aliphatic carbocycles. The average Bonchev–Trinajstić information content (AvgIpc) is 3.21. The minimum atomic E-state index is -1.82. The number of aryl methyl sites for hydroxylation is 1. The van der Waals surface area contributed by atoms with E-state index in [0.717, 1.165) is 29.8 Å². The van der Waals surface area contributed by atoms with Crippen LogP contribution in [0.15, 0.2) is 48.5 Å². The number of aromatic nitrogens is 1. The number of carboxylic acids is 2. The number of nitrogens with one attached hydrogen (secondary N) is 2. The Balaban J connectivity index is 0.000000427. The topological polar surface area (TPSA) is 129 Å². The number of hydrogen-bond donors (Lipinski definition) is 4. The Morgan fingerprint density at radius 3 is 2.50 bits per heavy atom. The zero-order chi connectivity index (χ0) is 22.9. The number of carbonyl (C=O) groups excluding carboxylic acids is 1. The highest BCUT2D eigenvalue weighted by molar-refractivity contribution is 7.18. The van der Waals surface area contributed by atoms with Gasteiger partial charge in [0, 0.05) is 19.0 Å². The summed E-state index contributed by atoms with van der Waals surface area (Å²) in [5.74, 6) is -3.60. The summed E-state index contributed by atoms with van der Waals surface area (Å²) in [6.07, 6.45) is 4.18. The van der Waals surface area contributed by atoms with Gasteiger partial charge in [0.25, 0.3) is 0 Å². The average molecular weight is 456 g/mol.